The van der Waals surface area contributed by atoms with Gasteiger partial charge >= 0.3 is 0 Å². The molecule has 0 spiro atoms. The van der Waals surface area contributed by atoms with Gasteiger partial charge in [-0.1, -0.05) is 30.4 Å². The van der Waals surface area contributed by atoms with Crippen LogP contribution in [0, 0.1) is 5.82 Å². The van der Waals surface area contributed by atoms with Crippen LogP contribution in [0.2, 0.25) is 0 Å². The van der Waals surface area contributed by atoms with Gasteiger partial charge in [0.15, 0.2) is 0 Å². The Bertz CT molecular complexity index is 626. The second-order valence-electron chi connectivity index (χ2n) is 3.94. The third kappa shape index (κ3) is 7.82. The molecule has 9 heteroatoms. The third-order valence-electron chi connectivity index (χ3n) is 2.42. The van der Waals surface area contributed by atoms with E-state index in [0.717, 1.165) is 5.69 Å². The first-order valence-electron chi connectivity index (χ1n) is 5.88. The van der Waals surface area contributed by atoms with Crippen LogP contribution in [-0.4, -0.2) is 15.8 Å². The normalized spacial score (nSPS) is 9.57. The Balaban J connectivity index is 0. The molecular weight excluding hydrogens is 358 g/mol. The van der Waals surface area contributed by atoms with Crippen molar-refractivity contribution in [3.63, 3.8) is 0 Å². The van der Waals surface area contributed by atoms with E-state index >= 15 is 0 Å². The molecule has 123 valence electrons. The predicted molar refractivity (Wildman–Crippen MR) is 83.8 cm³/mol. The molecule has 6 nitrogen and oxygen atoms in total. The van der Waals surface area contributed by atoms with Gasteiger partial charge < -0.3 is 21.7 Å². The van der Waals surface area contributed by atoms with Gasteiger partial charge in [0.05, 0.1) is 11.4 Å². The Morgan fingerprint density at radius 1 is 1.17 bits per heavy atom. The van der Waals surface area contributed by atoms with E-state index in [0.29, 0.717) is 11.4 Å². The van der Waals surface area contributed by atoms with Gasteiger partial charge in [0.25, 0.3) is 0 Å². The maximum atomic E-state index is 12.8. The summed E-state index contributed by atoms with van der Waals surface area (Å²) in [4.78, 5) is 4.15. The van der Waals surface area contributed by atoms with Crippen molar-refractivity contribution in [2.75, 3.05) is 5.32 Å². The molecule has 2 aromatic rings. The molecule has 23 heavy (non-hydrogen) atoms. The van der Waals surface area contributed by atoms with Crippen molar-refractivity contribution in [2.24, 2.45) is 5.10 Å². The number of pyridine rings is 1. The van der Waals surface area contributed by atoms with Crippen molar-refractivity contribution in [3.05, 3.63) is 65.6 Å². The molecule has 0 bridgehead atoms. The van der Waals surface area contributed by atoms with Gasteiger partial charge in [-0.15, -0.1) is 0 Å². The first kappa shape index (κ1) is 23.4. The maximum absolute atomic E-state index is 12.8. The van der Waals surface area contributed by atoms with Gasteiger partial charge in [0, 0.05) is 29.9 Å². The van der Waals surface area contributed by atoms with Gasteiger partial charge in [0.2, 0.25) is 0 Å². The number of nitrogens with one attached hydrogen (secondary N) is 1. The first-order valence-corrected chi connectivity index (χ1v) is 6.29. The average Bonchev–Trinajstić information content (AvgIpc) is 2.48. The van der Waals surface area contributed by atoms with Crippen molar-refractivity contribution in [1.29, 1.82) is 0 Å². The fraction of sp³-hybridized carbons (Fsp3) is 0.0714. The predicted octanol–water partition coefficient (Wildman–Crippen LogP) is 3.48. The molecule has 0 amide bonds. The van der Waals surface area contributed by atoms with Crippen molar-refractivity contribution in [3.8, 4) is 0 Å². The Morgan fingerprint density at radius 2 is 1.83 bits per heavy atom. The van der Waals surface area contributed by atoms with E-state index in [4.69, 9.17) is 12.2 Å². The van der Waals surface area contributed by atoms with Gasteiger partial charge in [-0.05, 0) is 36.9 Å². The zero-order valence-electron chi connectivity index (χ0n) is 12.0. The molecule has 0 fully saturated rings. The van der Waals surface area contributed by atoms with Crippen LogP contribution in [0.15, 0.2) is 53.8 Å². The second kappa shape index (κ2) is 11.7. The number of nitrogens with zero attached hydrogens (tertiary/aromatic N) is 3. The minimum Gasteiger partial charge on any atom is -2.00 e. The van der Waals surface area contributed by atoms with Gasteiger partial charge in [-0.3, -0.25) is 10.1 Å². The number of anilines is 1. The number of halogens is 1. The van der Waals surface area contributed by atoms with Crippen LogP contribution in [0.1, 0.15) is 12.6 Å². The molecule has 0 atom stereocenters. The summed E-state index contributed by atoms with van der Waals surface area (Å²) in [6, 6.07) is 11.4. The molecule has 1 aromatic heterocycles. The molecule has 2 rings (SSSR count). The topological polar surface area (TPSA) is 108 Å². The fourth-order valence-corrected chi connectivity index (χ4v) is 1.59. The first-order chi connectivity index (χ1) is 9.65. The van der Waals surface area contributed by atoms with Crippen molar-refractivity contribution in [2.45, 2.75) is 6.92 Å². The number of benzene rings is 1. The largest absolute Gasteiger partial charge is 2.00 e. The zero-order chi connectivity index (χ0) is 14.4. The molecule has 1 aromatic carbocycles. The molecular formula is C14H12FN4O2SV-5. The van der Waals surface area contributed by atoms with Gasteiger partial charge in [-0.2, -0.15) is 0 Å². The van der Waals surface area contributed by atoms with Crippen LogP contribution >= 0.6 is 12.2 Å². The summed E-state index contributed by atoms with van der Waals surface area (Å²) in [6.07, 6.45) is 1.68. The summed E-state index contributed by atoms with van der Waals surface area (Å²) in [5.74, 6) is -0.303. The summed E-state index contributed by atoms with van der Waals surface area (Å²) >= 11 is 5.04. The van der Waals surface area contributed by atoms with Crippen molar-refractivity contribution >= 4 is 28.7 Å². The summed E-state index contributed by atoms with van der Waals surface area (Å²) in [5, 5.41) is 7.06. The number of aromatic nitrogens is 1. The minimum absolute atomic E-state index is 0. The van der Waals surface area contributed by atoms with E-state index in [9.17, 15) is 4.39 Å². The number of hydrogen-bond acceptors (Lipinski definition) is 3. The SMILES string of the molecule is C/C(=N\[N-]C(=S)Nc1ccc(F)cc1)c1ccccn1.[O-2].[O-2].[V]. The standard InChI is InChI=1S/C14H13FN4S.2O.V/c1-10(13-4-2-3-9-16-13)18-19-14(20)17-12-7-5-11(15)6-8-12;;;/h2-9H,1H3,(H2,16,17,19,20);;;/q;2*-2;/p-1. The van der Waals surface area contributed by atoms with Crippen LogP contribution in [0.4, 0.5) is 10.1 Å². The smallest absolute Gasteiger partial charge is 0.123 e. The summed E-state index contributed by atoms with van der Waals surface area (Å²) in [7, 11) is 0. The van der Waals surface area contributed by atoms with Crippen molar-refractivity contribution in [1.82, 2.24) is 4.98 Å². The summed E-state index contributed by atoms with van der Waals surface area (Å²) < 4.78 is 12.8. The fourth-order valence-electron chi connectivity index (χ4n) is 1.43. The Labute approximate surface area is 150 Å². The molecule has 0 saturated carbocycles. The number of thiocarbonyl (C=S) groups is 1. The zero-order valence-corrected chi connectivity index (χ0v) is 14.2. The average molecular weight is 370 g/mol. The molecule has 0 aliphatic rings. The quantitative estimate of drug-likeness (QED) is 0.507. The van der Waals surface area contributed by atoms with E-state index in [1.54, 1.807) is 25.3 Å². The van der Waals surface area contributed by atoms with Crippen LogP contribution in [-0.2, 0) is 29.5 Å². The molecule has 1 radical (unpaired) electrons. The van der Waals surface area contributed by atoms with Crippen LogP contribution in [0.5, 0.6) is 0 Å². The number of rotatable bonds is 3. The maximum Gasteiger partial charge on any atom is 0.123 e. The molecule has 0 saturated heterocycles. The molecule has 0 aliphatic heterocycles. The number of hydrogen-bond donors (Lipinski definition) is 1. The molecule has 0 aliphatic carbocycles. The van der Waals surface area contributed by atoms with Crippen LogP contribution in [0.3, 0.4) is 0 Å². The Kier molecular flexibility index (Phi) is 11.9. The van der Waals surface area contributed by atoms with E-state index in [1.165, 1.54) is 12.1 Å². The minimum atomic E-state index is -0.303. The van der Waals surface area contributed by atoms with E-state index in [-0.39, 0.29) is 40.4 Å². The van der Waals surface area contributed by atoms with E-state index < -0.39 is 0 Å². The summed E-state index contributed by atoms with van der Waals surface area (Å²) in [6.45, 7) is 1.80. The summed E-state index contributed by atoms with van der Waals surface area (Å²) in [5.41, 5.74) is 5.95. The Morgan fingerprint density at radius 3 is 2.39 bits per heavy atom. The van der Waals surface area contributed by atoms with Crippen LogP contribution in [0.25, 0.3) is 5.43 Å². The monoisotopic (exact) mass is 370 g/mol. The van der Waals surface area contributed by atoms with E-state index in [1.807, 2.05) is 18.2 Å². The second-order valence-corrected chi connectivity index (χ2v) is 4.32. The Hall–Kier alpha value is -1.84. The molecule has 0 unspecified atom stereocenters. The van der Waals surface area contributed by atoms with Gasteiger partial charge in [0.1, 0.15) is 5.82 Å². The molecule has 1 heterocycles. The molecule has 1 N–H and O–H groups in total. The van der Waals surface area contributed by atoms with Gasteiger partial charge in [-0.25, -0.2) is 4.39 Å². The van der Waals surface area contributed by atoms with Crippen LogP contribution < -0.4 is 5.32 Å². The van der Waals surface area contributed by atoms with Crippen molar-refractivity contribution < 1.29 is 33.9 Å². The third-order valence-corrected chi connectivity index (χ3v) is 2.61. The van der Waals surface area contributed by atoms with E-state index in [2.05, 4.69) is 20.8 Å².